The van der Waals surface area contributed by atoms with Crippen molar-refractivity contribution in [1.29, 1.82) is 0 Å². The Morgan fingerprint density at radius 1 is 1.21 bits per heavy atom. The first-order valence-corrected chi connectivity index (χ1v) is 8.88. The third-order valence-corrected chi connectivity index (χ3v) is 5.14. The summed E-state index contributed by atoms with van der Waals surface area (Å²) in [5.74, 6) is 0.202. The number of carbonyl (C=O) groups is 2. The number of halogens is 1. The normalized spacial score (nSPS) is 16.2. The number of anilines is 1. The van der Waals surface area contributed by atoms with E-state index in [2.05, 4.69) is 12.2 Å². The second kappa shape index (κ2) is 7.14. The van der Waals surface area contributed by atoms with E-state index in [0.717, 1.165) is 37.1 Å². The summed E-state index contributed by atoms with van der Waals surface area (Å²) in [6, 6.07) is 3.77. The number of hydrogen-bond donors (Lipinski definition) is 1. The van der Waals surface area contributed by atoms with Crippen LogP contribution < -0.4 is 5.32 Å². The monoisotopic (exact) mass is 350 g/mol. The maximum absolute atomic E-state index is 12.8. The van der Waals surface area contributed by atoms with Gasteiger partial charge in [0.1, 0.15) is 5.41 Å². The molecule has 0 atom stereocenters. The number of hydrogen-bond acceptors (Lipinski definition) is 2. The summed E-state index contributed by atoms with van der Waals surface area (Å²) in [5, 5.41) is 3.35. The second-order valence-corrected chi connectivity index (χ2v) is 7.90. The zero-order valence-electron chi connectivity index (χ0n) is 15.2. The molecule has 1 N–H and O–H groups in total. The summed E-state index contributed by atoms with van der Waals surface area (Å²) in [6.07, 6.45) is 1.98. The van der Waals surface area contributed by atoms with Crippen LogP contribution in [0.5, 0.6) is 0 Å². The topological polar surface area (TPSA) is 49.4 Å². The van der Waals surface area contributed by atoms with Gasteiger partial charge in [0, 0.05) is 13.1 Å². The van der Waals surface area contributed by atoms with Gasteiger partial charge in [0.25, 0.3) is 0 Å². The van der Waals surface area contributed by atoms with E-state index in [1.165, 1.54) is 0 Å². The van der Waals surface area contributed by atoms with Gasteiger partial charge in [-0.2, -0.15) is 0 Å². The zero-order valence-corrected chi connectivity index (χ0v) is 16.0. The quantitative estimate of drug-likeness (QED) is 0.831. The lowest BCUT2D eigenvalue weighted by Gasteiger charge is -2.35. The number of nitrogens with zero attached hydrogens (tertiary/aromatic N) is 1. The molecule has 0 unspecified atom stereocenters. The standard InChI is InChI=1S/C19H27ClN2O2/c1-12-6-8-22(9-7-12)18(24)19(4,5)17(23)21-16-14(3)10-13(2)11-15(16)20/h10-12H,6-9H2,1-5H3,(H,21,23). The average Bonchev–Trinajstić information content (AvgIpc) is 2.50. The van der Waals surface area contributed by atoms with Crippen molar-refractivity contribution in [3.8, 4) is 0 Å². The lowest BCUT2D eigenvalue weighted by molar-refractivity contribution is -0.147. The van der Waals surface area contributed by atoms with Crippen LogP contribution in [0.3, 0.4) is 0 Å². The highest BCUT2D eigenvalue weighted by atomic mass is 35.5. The number of nitrogens with one attached hydrogen (secondary N) is 1. The summed E-state index contributed by atoms with van der Waals surface area (Å²) in [4.78, 5) is 27.4. The molecule has 2 amide bonds. The first kappa shape index (κ1) is 18.8. The van der Waals surface area contributed by atoms with E-state index >= 15 is 0 Å². The van der Waals surface area contributed by atoms with Crippen LogP contribution in [0, 0.1) is 25.2 Å². The van der Waals surface area contributed by atoms with Crippen LogP contribution in [0.1, 0.15) is 44.7 Å². The lowest BCUT2D eigenvalue weighted by atomic mass is 9.88. The predicted molar refractivity (Wildman–Crippen MR) is 98.3 cm³/mol. The fourth-order valence-corrected chi connectivity index (χ4v) is 3.42. The van der Waals surface area contributed by atoms with Crippen LogP contribution in [-0.2, 0) is 9.59 Å². The summed E-state index contributed by atoms with van der Waals surface area (Å²) in [5.41, 5.74) is 1.39. The molecule has 1 heterocycles. The van der Waals surface area contributed by atoms with Crippen molar-refractivity contribution in [2.24, 2.45) is 11.3 Å². The molecule has 0 bridgehead atoms. The Morgan fingerprint density at radius 2 is 1.79 bits per heavy atom. The number of rotatable bonds is 3. The van der Waals surface area contributed by atoms with E-state index in [-0.39, 0.29) is 11.8 Å². The molecule has 2 rings (SSSR count). The van der Waals surface area contributed by atoms with E-state index < -0.39 is 5.41 Å². The summed E-state index contributed by atoms with van der Waals surface area (Å²) in [7, 11) is 0. The Bertz CT molecular complexity index is 624. The van der Waals surface area contributed by atoms with E-state index in [1.807, 2.05) is 30.9 Å². The summed E-state index contributed by atoms with van der Waals surface area (Å²) < 4.78 is 0. The molecular formula is C19H27ClN2O2. The van der Waals surface area contributed by atoms with Crippen LogP contribution in [-0.4, -0.2) is 29.8 Å². The maximum Gasteiger partial charge on any atom is 0.239 e. The minimum Gasteiger partial charge on any atom is -0.342 e. The molecule has 0 saturated carbocycles. The first-order valence-electron chi connectivity index (χ1n) is 8.50. The maximum atomic E-state index is 12.8. The Hall–Kier alpha value is -1.55. The fourth-order valence-electron chi connectivity index (χ4n) is 3.05. The van der Waals surface area contributed by atoms with Gasteiger partial charge in [-0.05, 0) is 63.6 Å². The van der Waals surface area contributed by atoms with Crippen LogP contribution >= 0.6 is 11.6 Å². The van der Waals surface area contributed by atoms with Gasteiger partial charge >= 0.3 is 0 Å². The van der Waals surface area contributed by atoms with Crippen LogP contribution in [0.4, 0.5) is 5.69 Å². The largest absolute Gasteiger partial charge is 0.342 e. The molecule has 0 aliphatic carbocycles. The Balaban J connectivity index is 2.14. The van der Waals surface area contributed by atoms with Crippen molar-refractivity contribution < 1.29 is 9.59 Å². The molecule has 132 valence electrons. The van der Waals surface area contributed by atoms with Crippen molar-refractivity contribution in [1.82, 2.24) is 4.90 Å². The molecular weight excluding hydrogens is 324 g/mol. The highest BCUT2D eigenvalue weighted by Gasteiger charge is 2.40. The predicted octanol–water partition coefficient (Wildman–Crippen LogP) is 4.18. The second-order valence-electron chi connectivity index (χ2n) is 7.49. The number of amides is 2. The Labute approximate surface area is 149 Å². The average molecular weight is 351 g/mol. The molecule has 4 nitrogen and oxygen atoms in total. The summed E-state index contributed by atoms with van der Waals surface area (Å²) in [6.45, 7) is 10.9. The van der Waals surface area contributed by atoms with Crippen LogP contribution in [0.15, 0.2) is 12.1 Å². The van der Waals surface area contributed by atoms with Gasteiger partial charge in [0.05, 0.1) is 10.7 Å². The minimum absolute atomic E-state index is 0.118. The van der Waals surface area contributed by atoms with Gasteiger partial charge in [-0.25, -0.2) is 0 Å². The molecule has 24 heavy (non-hydrogen) atoms. The molecule has 1 aromatic rings. The number of benzene rings is 1. The number of aryl methyl sites for hydroxylation is 2. The van der Waals surface area contributed by atoms with Crippen molar-refractivity contribution in [3.63, 3.8) is 0 Å². The van der Waals surface area contributed by atoms with Gasteiger partial charge in [0.15, 0.2) is 0 Å². The van der Waals surface area contributed by atoms with E-state index in [0.29, 0.717) is 16.6 Å². The highest BCUT2D eigenvalue weighted by Crippen LogP contribution is 2.30. The smallest absolute Gasteiger partial charge is 0.239 e. The molecule has 1 saturated heterocycles. The SMILES string of the molecule is Cc1cc(C)c(NC(=O)C(C)(C)C(=O)N2CCC(C)CC2)c(Cl)c1. The molecule has 1 aliphatic heterocycles. The van der Waals surface area contributed by atoms with E-state index in [4.69, 9.17) is 11.6 Å². The number of carbonyl (C=O) groups excluding carboxylic acids is 2. The highest BCUT2D eigenvalue weighted by molar-refractivity contribution is 6.34. The third kappa shape index (κ3) is 3.92. The Kier molecular flexibility index (Phi) is 5.59. The van der Waals surface area contributed by atoms with Crippen molar-refractivity contribution >= 4 is 29.1 Å². The molecule has 1 aromatic carbocycles. The van der Waals surface area contributed by atoms with Crippen LogP contribution in [0.2, 0.25) is 5.02 Å². The first-order chi connectivity index (χ1) is 11.1. The number of piperidine rings is 1. The third-order valence-electron chi connectivity index (χ3n) is 4.84. The molecule has 1 aliphatic rings. The molecule has 5 heteroatoms. The molecule has 0 aromatic heterocycles. The lowest BCUT2D eigenvalue weighted by Crippen LogP contribution is -2.49. The fraction of sp³-hybridized carbons (Fsp3) is 0.579. The zero-order chi connectivity index (χ0) is 18.1. The minimum atomic E-state index is -1.12. The van der Waals surface area contributed by atoms with Crippen LogP contribution in [0.25, 0.3) is 0 Å². The molecule has 0 radical (unpaired) electrons. The summed E-state index contributed by atoms with van der Waals surface area (Å²) >= 11 is 6.26. The van der Waals surface area contributed by atoms with E-state index in [9.17, 15) is 9.59 Å². The Morgan fingerprint density at radius 3 is 2.33 bits per heavy atom. The van der Waals surface area contributed by atoms with Crippen molar-refractivity contribution in [2.75, 3.05) is 18.4 Å². The van der Waals surface area contributed by atoms with Gasteiger partial charge in [0.2, 0.25) is 11.8 Å². The molecule has 1 fully saturated rings. The van der Waals surface area contributed by atoms with Gasteiger partial charge < -0.3 is 10.2 Å². The van der Waals surface area contributed by atoms with Gasteiger partial charge in [-0.3, -0.25) is 9.59 Å². The van der Waals surface area contributed by atoms with Crippen molar-refractivity contribution in [3.05, 3.63) is 28.3 Å². The van der Waals surface area contributed by atoms with Crippen molar-refractivity contribution in [2.45, 2.75) is 47.5 Å². The van der Waals surface area contributed by atoms with E-state index in [1.54, 1.807) is 13.8 Å². The molecule has 0 spiro atoms. The van der Waals surface area contributed by atoms with Gasteiger partial charge in [-0.1, -0.05) is 24.6 Å². The van der Waals surface area contributed by atoms with Gasteiger partial charge in [-0.15, -0.1) is 0 Å². The number of likely N-dealkylation sites (tertiary alicyclic amines) is 1.